The molecule has 2 aromatic carbocycles. The fraction of sp³-hybridized carbons (Fsp3) is 0.381. The largest absolute Gasteiger partial charge is 0.371 e. The summed E-state index contributed by atoms with van der Waals surface area (Å²) in [6.45, 7) is 4.84. The molecule has 138 valence electrons. The van der Waals surface area contributed by atoms with Gasteiger partial charge in [-0.2, -0.15) is 0 Å². The normalized spacial score (nSPS) is 13.4. The first-order valence-electron chi connectivity index (χ1n) is 9.18. The van der Waals surface area contributed by atoms with Gasteiger partial charge in [-0.05, 0) is 61.1 Å². The van der Waals surface area contributed by atoms with E-state index in [4.69, 9.17) is 0 Å². The quantitative estimate of drug-likeness (QED) is 0.843. The van der Waals surface area contributed by atoms with Gasteiger partial charge in [0.15, 0.2) is 11.6 Å². The van der Waals surface area contributed by atoms with Crippen molar-refractivity contribution in [3.63, 3.8) is 0 Å². The molecule has 0 aliphatic carbocycles. The second kappa shape index (κ2) is 8.30. The van der Waals surface area contributed by atoms with E-state index in [9.17, 15) is 13.6 Å². The Kier molecular flexibility index (Phi) is 5.86. The first-order valence-corrected chi connectivity index (χ1v) is 9.18. The molecule has 1 heterocycles. The van der Waals surface area contributed by atoms with Gasteiger partial charge in [0, 0.05) is 30.9 Å². The van der Waals surface area contributed by atoms with Crippen molar-refractivity contribution in [2.24, 2.45) is 0 Å². The highest BCUT2D eigenvalue weighted by atomic mass is 19.2. The minimum absolute atomic E-state index is 0.129. The molecule has 2 aromatic rings. The summed E-state index contributed by atoms with van der Waals surface area (Å²) in [4.78, 5) is 14.5. The van der Waals surface area contributed by atoms with Gasteiger partial charge in [-0.3, -0.25) is 4.79 Å². The highest BCUT2D eigenvalue weighted by molar-refractivity contribution is 5.94. The minimum atomic E-state index is -1.01. The van der Waals surface area contributed by atoms with E-state index in [-0.39, 0.29) is 5.56 Å². The summed E-state index contributed by atoms with van der Waals surface area (Å²) in [6.07, 6.45) is 4.10. The molecule has 3 nitrogen and oxygen atoms in total. The van der Waals surface area contributed by atoms with Gasteiger partial charge in [0.2, 0.25) is 0 Å². The summed E-state index contributed by atoms with van der Waals surface area (Å²) in [5, 5.41) is 2.76. The molecule has 0 fully saturated rings. The first kappa shape index (κ1) is 18.4. The molecule has 0 spiro atoms. The summed E-state index contributed by atoms with van der Waals surface area (Å²) < 4.78 is 26.2. The number of benzene rings is 2. The van der Waals surface area contributed by atoms with Crippen molar-refractivity contribution in [2.45, 2.75) is 32.6 Å². The van der Waals surface area contributed by atoms with Crippen LogP contribution in [0.25, 0.3) is 0 Å². The molecule has 26 heavy (non-hydrogen) atoms. The van der Waals surface area contributed by atoms with Gasteiger partial charge >= 0.3 is 0 Å². The molecule has 0 aromatic heterocycles. The fourth-order valence-corrected chi connectivity index (χ4v) is 3.45. The molecular weight excluding hydrogens is 334 g/mol. The monoisotopic (exact) mass is 358 g/mol. The Labute approximate surface area is 153 Å². The summed E-state index contributed by atoms with van der Waals surface area (Å²) in [7, 11) is 0. The van der Waals surface area contributed by atoms with Gasteiger partial charge < -0.3 is 10.2 Å². The number of hydrogen-bond acceptors (Lipinski definition) is 2. The summed E-state index contributed by atoms with van der Waals surface area (Å²) in [5.74, 6) is -2.35. The van der Waals surface area contributed by atoms with Crippen molar-refractivity contribution in [3.05, 3.63) is 64.7 Å². The number of nitrogens with zero attached hydrogens (tertiary/aromatic N) is 1. The van der Waals surface area contributed by atoms with Crippen LogP contribution in [-0.4, -0.2) is 25.5 Å². The van der Waals surface area contributed by atoms with Crippen LogP contribution in [0.15, 0.2) is 36.4 Å². The average molecular weight is 358 g/mol. The lowest BCUT2D eigenvalue weighted by molar-refractivity contribution is 0.0953. The molecule has 1 N–H and O–H groups in total. The van der Waals surface area contributed by atoms with Gasteiger partial charge in [0.05, 0.1) is 0 Å². The van der Waals surface area contributed by atoms with Crippen molar-refractivity contribution < 1.29 is 13.6 Å². The molecule has 0 saturated heterocycles. The Morgan fingerprint density at radius 2 is 2.00 bits per heavy atom. The van der Waals surface area contributed by atoms with Crippen LogP contribution in [0.5, 0.6) is 0 Å². The topological polar surface area (TPSA) is 32.3 Å². The molecular formula is C21H24F2N2O. The zero-order chi connectivity index (χ0) is 18.5. The van der Waals surface area contributed by atoms with E-state index in [1.165, 1.54) is 29.3 Å². The molecule has 1 aliphatic rings. The summed E-state index contributed by atoms with van der Waals surface area (Å²) >= 11 is 0. The molecule has 0 saturated carbocycles. The lowest BCUT2D eigenvalue weighted by Crippen LogP contribution is -2.30. The Morgan fingerprint density at radius 3 is 2.77 bits per heavy atom. The fourth-order valence-electron chi connectivity index (χ4n) is 3.45. The highest BCUT2D eigenvalue weighted by Gasteiger charge is 2.16. The molecule has 5 heteroatoms. The number of hydrogen-bond donors (Lipinski definition) is 1. The second-order valence-corrected chi connectivity index (χ2v) is 6.69. The Morgan fingerprint density at radius 1 is 1.15 bits per heavy atom. The number of carbonyl (C=O) groups excluding carboxylic acids is 1. The van der Waals surface area contributed by atoms with Gasteiger partial charge in [-0.15, -0.1) is 0 Å². The summed E-state index contributed by atoms with van der Waals surface area (Å²) in [6, 6.07) is 9.69. The van der Waals surface area contributed by atoms with Crippen LogP contribution in [0.4, 0.5) is 14.5 Å². The average Bonchev–Trinajstić information content (AvgIpc) is 2.64. The lowest BCUT2D eigenvalue weighted by atomic mass is 9.98. The maximum atomic E-state index is 13.2. The third-order valence-corrected chi connectivity index (χ3v) is 4.73. The molecule has 1 aliphatic heterocycles. The maximum absolute atomic E-state index is 13.2. The van der Waals surface area contributed by atoms with Crippen LogP contribution in [0.2, 0.25) is 0 Å². The first-order chi connectivity index (χ1) is 12.6. The Balaban J connectivity index is 1.58. The molecule has 0 radical (unpaired) electrons. The van der Waals surface area contributed by atoms with E-state index in [1.54, 1.807) is 0 Å². The number of fused-ring (bicyclic) bond motifs is 1. The van der Waals surface area contributed by atoms with Crippen molar-refractivity contribution in [3.8, 4) is 0 Å². The number of amides is 1. The number of nitrogens with one attached hydrogen (secondary N) is 1. The lowest BCUT2D eigenvalue weighted by Gasteiger charge is -2.31. The molecule has 0 unspecified atom stereocenters. The highest BCUT2D eigenvalue weighted by Crippen LogP contribution is 2.28. The number of carbonyl (C=O) groups is 1. The third kappa shape index (κ3) is 4.21. The van der Waals surface area contributed by atoms with Crippen LogP contribution in [-0.2, 0) is 12.8 Å². The summed E-state index contributed by atoms with van der Waals surface area (Å²) in [5.41, 5.74) is 4.00. The van der Waals surface area contributed by atoms with Crippen molar-refractivity contribution in [2.75, 3.05) is 24.5 Å². The van der Waals surface area contributed by atoms with Crippen LogP contribution in [0, 0.1) is 11.6 Å². The third-order valence-electron chi connectivity index (χ3n) is 4.73. The molecule has 0 atom stereocenters. The standard InChI is InChI=1S/C21H24F2N2O/c1-2-11-25-12-3-4-16-13-15(5-8-20(16)25)9-10-24-21(26)17-6-7-18(22)19(23)14-17/h5-8,13-14H,2-4,9-12H2,1H3,(H,24,26). The van der Waals surface area contributed by atoms with E-state index in [2.05, 4.69) is 35.3 Å². The predicted octanol–water partition coefficient (Wildman–Crippen LogP) is 4.10. The molecule has 1 amide bonds. The van der Waals surface area contributed by atoms with Gasteiger partial charge in [-0.1, -0.05) is 19.1 Å². The van der Waals surface area contributed by atoms with E-state index in [0.717, 1.165) is 38.1 Å². The maximum Gasteiger partial charge on any atom is 0.251 e. The number of rotatable bonds is 6. The van der Waals surface area contributed by atoms with E-state index < -0.39 is 17.5 Å². The van der Waals surface area contributed by atoms with E-state index in [1.807, 2.05) is 0 Å². The number of anilines is 1. The zero-order valence-corrected chi connectivity index (χ0v) is 15.0. The van der Waals surface area contributed by atoms with Crippen LogP contribution in [0.1, 0.15) is 41.3 Å². The smallest absolute Gasteiger partial charge is 0.251 e. The predicted molar refractivity (Wildman–Crippen MR) is 99.7 cm³/mol. The number of halogens is 2. The Bertz CT molecular complexity index is 792. The van der Waals surface area contributed by atoms with Crippen LogP contribution in [0.3, 0.4) is 0 Å². The van der Waals surface area contributed by atoms with Gasteiger partial charge in [0.1, 0.15) is 0 Å². The zero-order valence-electron chi connectivity index (χ0n) is 15.0. The van der Waals surface area contributed by atoms with Crippen LogP contribution < -0.4 is 10.2 Å². The number of aryl methyl sites for hydroxylation is 1. The van der Waals surface area contributed by atoms with Crippen molar-refractivity contribution in [1.82, 2.24) is 5.32 Å². The van der Waals surface area contributed by atoms with Crippen molar-refractivity contribution in [1.29, 1.82) is 0 Å². The second-order valence-electron chi connectivity index (χ2n) is 6.69. The van der Waals surface area contributed by atoms with E-state index in [0.29, 0.717) is 13.0 Å². The molecule has 0 bridgehead atoms. The van der Waals surface area contributed by atoms with Gasteiger partial charge in [-0.25, -0.2) is 8.78 Å². The SMILES string of the molecule is CCCN1CCCc2cc(CCNC(=O)c3ccc(F)c(F)c3)ccc21. The van der Waals surface area contributed by atoms with Crippen molar-refractivity contribution >= 4 is 11.6 Å². The Hall–Kier alpha value is -2.43. The van der Waals surface area contributed by atoms with Gasteiger partial charge in [0.25, 0.3) is 5.91 Å². The van der Waals surface area contributed by atoms with E-state index >= 15 is 0 Å². The molecule has 3 rings (SSSR count). The van der Waals surface area contributed by atoms with Crippen LogP contribution >= 0.6 is 0 Å². The minimum Gasteiger partial charge on any atom is -0.371 e.